The molecule has 1 heterocycles. The van der Waals surface area contributed by atoms with Crippen LogP contribution in [0.25, 0.3) is 11.0 Å². The molecule has 0 fully saturated rings. The summed E-state index contributed by atoms with van der Waals surface area (Å²) < 4.78 is 8.27. The monoisotopic (exact) mass is 489 g/mol. The minimum absolute atomic E-state index is 0.0377. The highest BCUT2D eigenvalue weighted by Gasteiger charge is 2.12. The van der Waals surface area contributed by atoms with Crippen LogP contribution in [0.1, 0.15) is 35.4 Å². The zero-order valence-corrected chi connectivity index (χ0v) is 21.1. The Balaban J connectivity index is 1.31. The average Bonchev–Trinajstić information content (AvgIpc) is 3.19. The van der Waals surface area contributed by atoms with Crippen molar-refractivity contribution in [1.82, 2.24) is 14.9 Å². The molecule has 0 spiro atoms. The maximum absolute atomic E-state index is 12.4. The van der Waals surface area contributed by atoms with Crippen LogP contribution in [0.3, 0.4) is 0 Å². The van der Waals surface area contributed by atoms with Crippen molar-refractivity contribution >= 4 is 28.5 Å². The van der Waals surface area contributed by atoms with Crippen LogP contribution < -0.4 is 10.1 Å². The van der Waals surface area contributed by atoms with Crippen molar-refractivity contribution < 1.29 is 9.53 Å². The Hall–Kier alpha value is -3.31. The molecule has 35 heavy (non-hydrogen) atoms. The van der Waals surface area contributed by atoms with E-state index in [9.17, 15) is 4.79 Å². The van der Waals surface area contributed by atoms with Gasteiger partial charge in [-0.3, -0.25) is 4.79 Å². The molecule has 6 heteroatoms. The topological polar surface area (TPSA) is 56.1 Å². The Morgan fingerprint density at radius 1 is 1.03 bits per heavy atom. The predicted molar refractivity (Wildman–Crippen MR) is 142 cm³/mol. The third-order valence-electron chi connectivity index (χ3n) is 6.08. The van der Waals surface area contributed by atoms with Gasteiger partial charge in [-0.1, -0.05) is 59.6 Å². The van der Waals surface area contributed by atoms with E-state index >= 15 is 0 Å². The number of amides is 1. The van der Waals surface area contributed by atoms with Gasteiger partial charge < -0.3 is 14.6 Å². The molecule has 1 aromatic heterocycles. The highest BCUT2D eigenvalue weighted by molar-refractivity contribution is 6.31. The van der Waals surface area contributed by atoms with Gasteiger partial charge in [-0.05, 0) is 62.1 Å². The van der Waals surface area contributed by atoms with Crippen LogP contribution in [0.2, 0.25) is 5.02 Å². The number of halogens is 1. The number of aromatic nitrogens is 2. The van der Waals surface area contributed by atoms with Crippen LogP contribution in [0.5, 0.6) is 5.75 Å². The first-order chi connectivity index (χ1) is 17.0. The van der Waals surface area contributed by atoms with Gasteiger partial charge in [-0.25, -0.2) is 4.98 Å². The summed E-state index contributed by atoms with van der Waals surface area (Å²) in [5, 5.41) is 3.63. The van der Waals surface area contributed by atoms with Gasteiger partial charge in [-0.2, -0.15) is 0 Å². The SMILES string of the molecule is Cc1ccc(OCCCCn2c(CCNC(=O)Cc3ccccc3Cl)nc3ccccc32)c(C)c1. The Labute approximate surface area is 212 Å². The second-order valence-corrected chi connectivity index (χ2v) is 9.27. The lowest BCUT2D eigenvalue weighted by Crippen LogP contribution is -2.28. The number of nitrogens with one attached hydrogen (secondary N) is 1. The number of carbonyl (C=O) groups is 1. The van der Waals surface area contributed by atoms with Gasteiger partial charge in [0.15, 0.2) is 0 Å². The summed E-state index contributed by atoms with van der Waals surface area (Å²) in [5.41, 5.74) is 5.36. The molecule has 0 aliphatic carbocycles. The first-order valence-corrected chi connectivity index (χ1v) is 12.5. The molecule has 0 saturated carbocycles. The molecule has 4 aromatic rings. The van der Waals surface area contributed by atoms with Crippen LogP contribution in [0.4, 0.5) is 0 Å². The van der Waals surface area contributed by atoms with E-state index in [0.29, 0.717) is 24.6 Å². The summed E-state index contributed by atoms with van der Waals surface area (Å²) in [6, 6.07) is 21.9. The van der Waals surface area contributed by atoms with Gasteiger partial charge in [-0.15, -0.1) is 0 Å². The third-order valence-corrected chi connectivity index (χ3v) is 6.45. The van der Waals surface area contributed by atoms with Gasteiger partial charge in [0, 0.05) is 24.5 Å². The van der Waals surface area contributed by atoms with Gasteiger partial charge in [0.1, 0.15) is 11.6 Å². The first-order valence-electron chi connectivity index (χ1n) is 12.2. The summed E-state index contributed by atoms with van der Waals surface area (Å²) >= 11 is 6.18. The molecule has 0 radical (unpaired) electrons. The van der Waals surface area contributed by atoms with Crippen molar-refractivity contribution in [2.24, 2.45) is 0 Å². The summed E-state index contributed by atoms with van der Waals surface area (Å²) in [7, 11) is 0. The number of benzene rings is 3. The molecule has 0 atom stereocenters. The second-order valence-electron chi connectivity index (χ2n) is 8.86. The Kier molecular flexibility index (Phi) is 8.43. The molecule has 1 amide bonds. The van der Waals surface area contributed by atoms with Gasteiger partial charge in [0.25, 0.3) is 0 Å². The number of fused-ring (bicyclic) bond motifs is 1. The zero-order chi connectivity index (χ0) is 24.6. The van der Waals surface area contributed by atoms with Crippen LogP contribution in [-0.4, -0.2) is 28.6 Å². The normalized spacial score (nSPS) is 11.1. The second kappa shape index (κ2) is 11.9. The molecule has 1 N–H and O–H groups in total. The van der Waals surface area contributed by atoms with Crippen molar-refractivity contribution in [2.45, 2.75) is 46.1 Å². The van der Waals surface area contributed by atoms with E-state index in [1.165, 1.54) is 11.1 Å². The fraction of sp³-hybridized carbons (Fsp3) is 0.310. The highest BCUT2D eigenvalue weighted by Crippen LogP contribution is 2.20. The number of carbonyl (C=O) groups excluding carboxylic acids is 1. The van der Waals surface area contributed by atoms with E-state index in [1.54, 1.807) is 6.07 Å². The van der Waals surface area contributed by atoms with Gasteiger partial charge in [0.05, 0.1) is 24.1 Å². The van der Waals surface area contributed by atoms with Crippen molar-refractivity contribution in [2.75, 3.05) is 13.2 Å². The summed E-state index contributed by atoms with van der Waals surface area (Å²) in [5.74, 6) is 1.90. The number of hydrogen-bond donors (Lipinski definition) is 1. The fourth-order valence-corrected chi connectivity index (χ4v) is 4.47. The van der Waals surface area contributed by atoms with Crippen molar-refractivity contribution in [3.63, 3.8) is 0 Å². The molecular formula is C29H32ClN3O2. The summed E-state index contributed by atoms with van der Waals surface area (Å²) in [6.07, 6.45) is 2.88. The van der Waals surface area contributed by atoms with E-state index in [-0.39, 0.29) is 12.3 Å². The van der Waals surface area contributed by atoms with E-state index in [0.717, 1.165) is 47.6 Å². The van der Waals surface area contributed by atoms with Gasteiger partial charge >= 0.3 is 0 Å². The van der Waals surface area contributed by atoms with Gasteiger partial charge in [0.2, 0.25) is 5.91 Å². The molecule has 0 aliphatic rings. The lowest BCUT2D eigenvalue weighted by Gasteiger charge is -2.12. The Bertz CT molecular complexity index is 1300. The number of hydrogen-bond acceptors (Lipinski definition) is 3. The molecule has 4 rings (SSSR count). The fourth-order valence-electron chi connectivity index (χ4n) is 4.27. The van der Waals surface area contributed by atoms with Crippen molar-refractivity contribution in [3.8, 4) is 5.75 Å². The van der Waals surface area contributed by atoms with E-state index in [1.807, 2.05) is 42.5 Å². The molecular weight excluding hydrogens is 458 g/mol. The first kappa shape index (κ1) is 24.8. The molecule has 3 aromatic carbocycles. The van der Waals surface area contributed by atoms with E-state index in [4.69, 9.17) is 21.3 Å². The lowest BCUT2D eigenvalue weighted by atomic mass is 10.1. The predicted octanol–water partition coefficient (Wildman–Crippen LogP) is 6.07. The standard InChI is InChI=1S/C29H32ClN3O2/c1-21-13-14-27(22(2)19-21)35-18-8-7-17-33-26-12-6-5-11-25(26)32-28(33)15-16-31-29(34)20-23-9-3-4-10-24(23)30/h3-6,9-14,19H,7-8,15-18,20H2,1-2H3,(H,31,34). The van der Waals surface area contributed by atoms with E-state index < -0.39 is 0 Å². The molecule has 0 saturated heterocycles. The zero-order valence-electron chi connectivity index (χ0n) is 20.4. The highest BCUT2D eigenvalue weighted by atomic mass is 35.5. The van der Waals surface area contributed by atoms with Crippen LogP contribution in [0, 0.1) is 13.8 Å². The molecule has 0 aliphatic heterocycles. The number of unbranched alkanes of at least 4 members (excludes halogenated alkanes) is 1. The minimum Gasteiger partial charge on any atom is -0.493 e. The van der Waals surface area contributed by atoms with Crippen molar-refractivity contribution in [1.29, 1.82) is 0 Å². The molecule has 5 nitrogen and oxygen atoms in total. The number of rotatable bonds is 11. The maximum Gasteiger partial charge on any atom is 0.224 e. The molecule has 0 unspecified atom stereocenters. The van der Waals surface area contributed by atoms with Crippen LogP contribution >= 0.6 is 11.6 Å². The van der Waals surface area contributed by atoms with Crippen LogP contribution in [-0.2, 0) is 24.2 Å². The number of imidazole rings is 1. The maximum atomic E-state index is 12.4. The quantitative estimate of drug-likeness (QED) is 0.260. The Morgan fingerprint density at radius 2 is 1.83 bits per heavy atom. The number of ether oxygens (including phenoxy) is 1. The number of para-hydroxylation sites is 2. The Morgan fingerprint density at radius 3 is 2.66 bits per heavy atom. The third kappa shape index (κ3) is 6.64. The molecule has 182 valence electrons. The average molecular weight is 490 g/mol. The number of nitrogens with zero attached hydrogens (tertiary/aromatic N) is 2. The van der Waals surface area contributed by atoms with Crippen LogP contribution in [0.15, 0.2) is 66.7 Å². The number of aryl methyl sites for hydroxylation is 3. The minimum atomic E-state index is -0.0377. The summed E-state index contributed by atoms with van der Waals surface area (Å²) in [6.45, 7) is 6.25. The lowest BCUT2D eigenvalue weighted by molar-refractivity contribution is -0.120. The largest absolute Gasteiger partial charge is 0.493 e. The molecule has 0 bridgehead atoms. The van der Waals surface area contributed by atoms with Crippen molar-refractivity contribution in [3.05, 3.63) is 94.3 Å². The van der Waals surface area contributed by atoms with E-state index in [2.05, 4.69) is 41.9 Å². The smallest absolute Gasteiger partial charge is 0.224 e. The summed E-state index contributed by atoms with van der Waals surface area (Å²) in [4.78, 5) is 17.2.